The van der Waals surface area contributed by atoms with Crippen molar-refractivity contribution in [2.24, 2.45) is 0 Å². The first-order valence-electron chi connectivity index (χ1n) is 7.63. The van der Waals surface area contributed by atoms with Crippen LogP contribution >= 0.6 is 0 Å². The van der Waals surface area contributed by atoms with Gasteiger partial charge in [-0.15, -0.1) is 0 Å². The summed E-state index contributed by atoms with van der Waals surface area (Å²) in [5.41, 5.74) is 0.748. The van der Waals surface area contributed by atoms with Gasteiger partial charge in [-0.3, -0.25) is 9.59 Å². The first kappa shape index (κ1) is 18.4. The van der Waals surface area contributed by atoms with E-state index in [1.807, 2.05) is 30.3 Å². The minimum Gasteiger partial charge on any atom is -0.469 e. The van der Waals surface area contributed by atoms with Crippen molar-refractivity contribution in [3.8, 4) is 0 Å². The molecular formula is C17H22O7. The van der Waals surface area contributed by atoms with E-state index >= 15 is 0 Å². The Morgan fingerprint density at radius 2 is 1.92 bits per heavy atom. The molecule has 0 aromatic heterocycles. The standard InChI is InChI=1S/C17H22O7/c1-10(18)23-17-14(20)15(11-7-5-4-6-8-11)24-16(17)12(21-2)9-13(19)22-3/h4-8,12,14-17,20H,9H2,1-3H3. The Labute approximate surface area is 140 Å². The second-order valence-electron chi connectivity index (χ2n) is 5.55. The van der Waals surface area contributed by atoms with E-state index in [0.29, 0.717) is 0 Å². The zero-order valence-corrected chi connectivity index (χ0v) is 13.9. The second-order valence-corrected chi connectivity index (χ2v) is 5.55. The molecule has 7 nitrogen and oxygen atoms in total. The van der Waals surface area contributed by atoms with Crippen LogP contribution in [0.5, 0.6) is 0 Å². The molecule has 0 amide bonds. The number of rotatable bonds is 6. The molecular weight excluding hydrogens is 316 g/mol. The molecule has 1 aliphatic rings. The van der Waals surface area contributed by atoms with Crippen molar-refractivity contribution in [3.05, 3.63) is 35.9 Å². The van der Waals surface area contributed by atoms with Crippen molar-refractivity contribution in [1.29, 1.82) is 0 Å². The molecule has 7 heteroatoms. The highest BCUT2D eigenvalue weighted by atomic mass is 16.6. The highest BCUT2D eigenvalue weighted by Crippen LogP contribution is 2.37. The molecule has 0 aliphatic carbocycles. The molecule has 1 fully saturated rings. The summed E-state index contributed by atoms with van der Waals surface area (Å²) in [6, 6.07) is 9.11. The van der Waals surface area contributed by atoms with Crippen LogP contribution in [0.2, 0.25) is 0 Å². The first-order valence-corrected chi connectivity index (χ1v) is 7.63. The summed E-state index contributed by atoms with van der Waals surface area (Å²) < 4.78 is 21.1. The number of aliphatic hydroxyl groups excluding tert-OH is 1. The maximum atomic E-state index is 11.6. The van der Waals surface area contributed by atoms with Gasteiger partial charge in [-0.25, -0.2) is 0 Å². The minimum absolute atomic E-state index is 0.0797. The van der Waals surface area contributed by atoms with Crippen LogP contribution in [0.1, 0.15) is 25.0 Å². The molecule has 5 atom stereocenters. The number of methoxy groups -OCH3 is 2. The van der Waals surface area contributed by atoms with Gasteiger partial charge in [-0.05, 0) is 5.56 Å². The number of carbonyl (C=O) groups excluding carboxylic acids is 2. The van der Waals surface area contributed by atoms with E-state index < -0.39 is 42.5 Å². The number of hydrogen-bond donors (Lipinski definition) is 1. The number of ether oxygens (including phenoxy) is 4. The minimum atomic E-state index is -1.07. The molecule has 1 aromatic rings. The zero-order valence-electron chi connectivity index (χ0n) is 13.9. The molecule has 0 saturated carbocycles. The Balaban J connectivity index is 2.26. The highest BCUT2D eigenvalue weighted by molar-refractivity contribution is 5.70. The Morgan fingerprint density at radius 1 is 1.25 bits per heavy atom. The maximum absolute atomic E-state index is 11.6. The maximum Gasteiger partial charge on any atom is 0.308 e. The molecule has 0 bridgehead atoms. The van der Waals surface area contributed by atoms with Gasteiger partial charge in [0.25, 0.3) is 0 Å². The van der Waals surface area contributed by atoms with Crippen LogP contribution in [0, 0.1) is 0 Å². The lowest BCUT2D eigenvalue weighted by atomic mass is 9.98. The summed E-state index contributed by atoms with van der Waals surface area (Å²) in [4.78, 5) is 23.0. The third-order valence-corrected chi connectivity index (χ3v) is 3.97. The van der Waals surface area contributed by atoms with Crippen LogP contribution in [0.25, 0.3) is 0 Å². The van der Waals surface area contributed by atoms with E-state index in [1.54, 1.807) is 0 Å². The van der Waals surface area contributed by atoms with Gasteiger partial charge in [0, 0.05) is 14.0 Å². The van der Waals surface area contributed by atoms with Crippen LogP contribution in [0.4, 0.5) is 0 Å². The zero-order chi connectivity index (χ0) is 17.7. The number of esters is 2. The molecule has 1 aromatic carbocycles. The summed E-state index contributed by atoms with van der Waals surface area (Å²) in [5.74, 6) is -1.03. The molecule has 1 N–H and O–H groups in total. The SMILES string of the molecule is COC(=O)CC(OC)C1OC(c2ccccc2)C(O)C1OC(C)=O. The average Bonchev–Trinajstić information content (AvgIpc) is 2.89. The molecule has 1 aliphatic heterocycles. The van der Waals surface area contributed by atoms with Crippen molar-refractivity contribution >= 4 is 11.9 Å². The van der Waals surface area contributed by atoms with Crippen molar-refractivity contribution < 1.29 is 33.6 Å². The number of carbonyl (C=O) groups is 2. The molecule has 5 unspecified atom stereocenters. The van der Waals surface area contributed by atoms with Crippen LogP contribution < -0.4 is 0 Å². The lowest BCUT2D eigenvalue weighted by Gasteiger charge is -2.26. The smallest absolute Gasteiger partial charge is 0.308 e. The summed E-state index contributed by atoms with van der Waals surface area (Å²) in [6.45, 7) is 1.25. The summed E-state index contributed by atoms with van der Waals surface area (Å²) in [5, 5.41) is 10.6. The van der Waals surface area contributed by atoms with E-state index in [1.165, 1.54) is 21.1 Å². The first-order chi connectivity index (χ1) is 11.5. The molecule has 132 valence electrons. The third kappa shape index (κ3) is 4.11. The van der Waals surface area contributed by atoms with Crippen LogP contribution in [-0.4, -0.2) is 55.7 Å². The Kier molecular flexibility index (Phi) is 6.30. The number of aliphatic hydroxyl groups is 1. The molecule has 0 spiro atoms. The lowest BCUT2D eigenvalue weighted by molar-refractivity contribution is -0.160. The predicted octanol–water partition coefficient (Wildman–Crippen LogP) is 0.997. The van der Waals surface area contributed by atoms with Crippen LogP contribution in [0.3, 0.4) is 0 Å². The van der Waals surface area contributed by atoms with Gasteiger partial charge < -0.3 is 24.1 Å². The fourth-order valence-corrected chi connectivity index (χ4v) is 2.82. The van der Waals surface area contributed by atoms with E-state index in [0.717, 1.165) is 5.56 Å². The van der Waals surface area contributed by atoms with Crippen molar-refractivity contribution in [3.63, 3.8) is 0 Å². The van der Waals surface area contributed by atoms with E-state index in [4.69, 9.17) is 14.2 Å². The van der Waals surface area contributed by atoms with Crippen LogP contribution in [0.15, 0.2) is 30.3 Å². The Bertz CT molecular complexity index is 559. The second kappa shape index (κ2) is 8.23. The molecule has 1 heterocycles. The largest absolute Gasteiger partial charge is 0.469 e. The van der Waals surface area contributed by atoms with E-state index in [2.05, 4.69) is 4.74 Å². The third-order valence-electron chi connectivity index (χ3n) is 3.97. The molecule has 1 saturated heterocycles. The van der Waals surface area contributed by atoms with Crippen LogP contribution in [-0.2, 0) is 28.5 Å². The summed E-state index contributed by atoms with van der Waals surface area (Å²) in [6.07, 6.45) is -4.29. The normalized spacial score (nSPS) is 27.5. The molecule has 0 radical (unpaired) electrons. The monoisotopic (exact) mass is 338 g/mol. The number of benzene rings is 1. The van der Waals surface area contributed by atoms with Crippen molar-refractivity contribution in [2.45, 2.75) is 43.9 Å². The van der Waals surface area contributed by atoms with Crippen molar-refractivity contribution in [1.82, 2.24) is 0 Å². The Hall–Kier alpha value is -1.96. The van der Waals surface area contributed by atoms with Gasteiger partial charge in [-0.1, -0.05) is 30.3 Å². The van der Waals surface area contributed by atoms with E-state index in [9.17, 15) is 14.7 Å². The fraction of sp³-hybridized carbons (Fsp3) is 0.529. The highest BCUT2D eigenvalue weighted by Gasteiger charge is 2.50. The topological polar surface area (TPSA) is 91.3 Å². The fourth-order valence-electron chi connectivity index (χ4n) is 2.82. The van der Waals surface area contributed by atoms with Gasteiger partial charge in [-0.2, -0.15) is 0 Å². The summed E-state index contributed by atoms with van der Waals surface area (Å²) in [7, 11) is 2.69. The van der Waals surface area contributed by atoms with Gasteiger partial charge in [0.15, 0.2) is 6.10 Å². The Morgan fingerprint density at radius 3 is 2.46 bits per heavy atom. The van der Waals surface area contributed by atoms with E-state index in [-0.39, 0.29) is 6.42 Å². The average molecular weight is 338 g/mol. The summed E-state index contributed by atoms with van der Waals surface area (Å²) >= 11 is 0. The molecule has 24 heavy (non-hydrogen) atoms. The molecule has 2 rings (SSSR count). The van der Waals surface area contributed by atoms with Gasteiger partial charge >= 0.3 is 11.9 Å². The predicted molar refractivity (Wildman–Crippen MR) is 83.0 cm³/mol. The van der Waals surface area contributed by atoms with Gasteiger partial charge in [0.1, 0.15) is 18.3 Å². The van der Waals surface area contributed by atoms with Crippen molar-refractivity contribution in [2.75, 3.05) is 14.2 Å². The van der Waals surface area contributed by atoms with Gasteiger partial charge in [0.2, 0.25) is 0 Å². The quantitative estimate of drug-likeness (QED) is 0.774. The number of hydrogen-bond acceptors (Lipinski definition) is 7. The lowest BCUT2D eigenvalue weighted by Crippen LogP contribution is -2.43. The van der Waals surface area contributed by atoms with Gasteiger partial charge in [0.05, 0.1) is 19.6 Å².